The smallest absolute Gasteiger partial charge is 0.258 e. The highest BCUT2D eigenvalue weighted by molar-refractivity contribution is 7.89. The average Bonchev–Trinajstić information content (AvgIpc) is 2.72. The number of ether oxygens (including phenoxy) is 2. The molecule has 2 aromatic carbocycles. The number of carbonyl (C=O) groups excluding carboxylic acids is 1. The van der Waals surface area contributed by atoms with Crippen molar-refractivity contribution >= 4 is 15.9 Å². The third-order valence-electron chi connectivity index (χ3n) is 4.46. The van der Waals surface area contributed by atoms with Crippen molar-refractivity contribution in [3.63, 3.8) is 0 Å². The van der Waals surface area contributed by atoms with Crippen molar-refractivity contribution in [1.82, 2.24) is 10.0 Å². The van der Waals surface area contributed by atoms with Crippen LogP contribution in [0.3, 0.4) is 0 Å². The highest BCUT2D eigenvalue weighted by Gasteiger charge is 2.17. The fourth-order valence-electron chi connectivity index (χ4n) is 2.67. The van der Waals surface area contributed by atoms with Gasteiger partial charge in [0, 0.05) is 11.6 Å². The Hall–Kier alpha value is -2.58. The van der Waals surface area contributed by atoms with E-state index in [0.29, 0.717) is 17.9 Å². The molecule has 0 bridgehead atoms. The number of hydrogen-bond acceptors (Lipinski definition) is 5. The SMILES string of the molecule is CC[C@@H](C)NS(=O)(=O)c1ccc(OCC(=O)N[C@H](C)c2ccccc2OC)cc1. The van der Waals surface area contributed by atoms with E-state index in [0.717, 1.165) is 5.56 Å². The topological polar surface area (TPSA) is 93.7 Å². The minimum atomic E-state index is -3.57. The van der Waals surface area contributed by atoms with Gasteiger partial charge in [-0.05, 0) is 50.6 Å². The average molecular weight is 421 g/mol. The number of rotatable bonds is 10. The van der Waals surface area contributed by atoms with Crippen molar-refractivity contribution in [2.45, 2.75) is 44.2 Å². The van der Waals surface area contributed by atoms with Crippen LogP contribution in [0, 0.1) is 0 Å². The molecule has 0 aromatic heterocycles. The summed E-state index contributed by atoms with van der Waals surface area (Å²) in [6.07, 6.45) is 0.697. The molecule has 2 N–H and O–H groups in total. The van der Waals surface area contributed by atoms with Crippen molar-refractivity contribution in [2.24, 2.45) is 0 Å². The van der Waals surface area contributed by atoms with Gasteiger partial charge >= 0.3 is 0 Å². The second kappa shape index (κ2) is 10.3. The van der Waals surface area contributed by atoms with E-state index in [9.17, 15) is 13.2 Å². The maximum absolute atomic E-state index is 12.3. The molecule has 0 saturated carbocycles. The van der Waals surface area contributed by atoms with E-state index in [1.165, 1.54) is 24.3 Å². The molecule has 29 heavy (non-hydrogen) atoms. The Bertz CT molecular complexity index is 913. The first-order chi connectivity index (χ1) is 13.8. The Morgan fingerprint density at radius 1 is 1.07 bits per heavy atom. The first-order valence-corrected chi connectivity index (χ1v) is 10.9. The number of para-hydroxylation sites is 1. The summed E-state index contributed by atoms with van der Waals surface area (Å²) >= 11 is 0. The molecule has 0 aliphatic heterocycles. The molecule has 0 saturated heterocycles. The molecule has 0 aliphatic rings. The van der Waals surface area contributed by atoms with Crippen LogP contribution >= 0.6 is 0 Å². The summed E-state index contributed by atoms with van der Waals surface area (Å²) in [5, 5.41) is 2.85. The molecule has 0 fully saturated rings. The molecule has 1 amide bonds. The van der Waals surface area contributed by atoms with Gasteiger partial charge in [-0.1, -0.05) is 25.1 Å². The van der Waals surface area contributed by atoms with Gasteiger partial charge in [-0.25, -0.2) is 13.1 Å². The molecular formula is C21H28N2O5S. The zero-order valence-corrected chi connectivity index (χ0v) is 18.0. The molecule has 0 spiro atoms. The van der Waals surface area contributed by atoms with Crippen LogP contribution in [-0.2, 0) is 14.8 Å². The fourth-order valence-corrected chi connectivity index (χ4v) is 3.99. The van der Waals surface area contributed by atoms with Crippen LogP contribution in [0.5, 0.6) is 11.5 Å². The first-order valence-electron chi connectivity index (χ1n) is 9.44. The number of methoxy groups -OCH3 is 1. The Morgan fingerprint density at radius 2 is 1.72 bits per heavy atom. The second-order valence-electron chi connectivity index (χ2n) is 6.72. The summed E-state index contributed by atoms with van der Waals surface area (Å²) < 4.78 is 37.9. The Kier molecular flexibility index (Phi) is 8.04. The summed E-state index contributed by atoms with van der Waals surface area (Å²) in [7, 11) is -1.99. The Labute approximate surface area is 172 Å². The van der Waals surface area contributed by atoms with Gasteiger partial charge in [0.15, 0.2) is 6.61 Å². The van der Waals surface area contributed by atoms with Crippen LogP contribution in [0.2, 0.25) is 0 Å². The summed E-state index contributed by atoms with van der Waals surface area (Å²) in [4.78, 5) is 12.3. The van der Waals surface area contributed by atoms with Crippen LogP contribution in [0.4, 0.5) is 0 Å². The number of nitrogens with one attached hydrogen (secondary N) is 2. The predicted molar refractivity (Wildman–Crippen MR) is 112 cm³/mol. The molecule has 2 aromatic rings. The molecule has 0 aliphatic carbocycles. The maximum Gasteiger partial charge on any atom is 0.258 e. The monoisotopic (exact) mass is 420 g/mol. The van der Waals surface area contributed by atoms with Gasteiger partial charge in [-0.15, -0.1) is 0 Å². The number of sulfonamides is 1. The minimum absolute atomic E-state index is 0.148. The van der Waals surface area contributed by atoms with Gasteiger partial charge in [-0.3, -0.25) is 4.79 Å². The van der Waals surface area contributed by atoms with E-state index < -0.39 is 10.0 Å². The molecule has 2 atom stereocenters. The first kappa shape index (κ1) is 22.7. The second-order valence-corrected chi connectivity index (χ2v) is 8.44. The summed E-state index contributed by atoms with van der Waals surface area (Å²) in [5.74, 6) is 0.815. The lowest BCUT2D eigenvalue weighted by Gasteiger charge is -2.17. The summed E-state index contributed by atoms with van der Waals surface area (Å²) in [6.45, 7) is 5.39. The molecule has 2 rings (SSSR count). The van der Waals surface area contributed by atoms with Crippen LogP contribution in [-0.4, -0.2) is 34.1 Å². The zero-order chi connectivity index (χ0) is 21.4. The fraction of sp³-hybridized carbons (Fsp3) is 0.381. The molecule has 158 valence electrons. The quantitative estimate of drug-likeness (QED) is 0.616. The molecule has 7 nitrogen and oxygen atoms in total. The Morgan fingerprint density at radius 3 is 2.34 bits per heavy atom. The van der Waals surface area contributed by atoms with E-state index in [1.807, 2.05) is 38.1 Å². The number of hydrogen-bond donors (Lipinski definition) is 2. The number of benzene rings is 2. The van der Waals surface area contributed by atoms with Crippen molar-refractivity contribution in [1.29, 1.82) is 0 Å². The molecule has 8 heteroatoms. The van der Waals surface area contributed by atoms with Crippen molar-refractivity contribution in [3.8, 4) is 11.5 Å². The third-order valence-corrected chi connectivity index (χ3v) is 6.06. The highest BCUT2D eigenvalue weighted by atomic mass is 32.2. The largest absolute Gasteiger partial charge is 0.496 e. The van der Waals surface area contributed by atoms with E-state index >= 15 is 0 Å². The van der Waals surface area contributed by atoms with E-state index in [-0.39, 0.29) is 29.5 Å². The Balaban J connectivity index is 1.92. The lowest BCUT2D eigenvalue weighted by atomic mass is 10.1. The van der Waals surface area contributed by atoms with Gasteiger partial charge in [0.25, 0.3) is 5.91 Å². The minimum Gasteiger partial charge on any atom is -0.496 e. The zero-order valence-electron chi connectivity index (χ0n) is 17.1. The lowest BCUT2D eigenvalue weighted by molar-refractivity contribution is -0.123. The number of amides is 1. The molecule has 0 unspecified atom stereocenters. The predicted octanol–water partition coefficient (Wildman–Crippen LogP) is 3.03. The standard InChI is InChI=1S/C21H28N2O5S/c1-5-15(2)23-29(25,26)18-12-10-17(11-13-18)28-14-21(24)22-16(3)19-8-6-7-9-20(19)27-4/h6-13,15-16,23H,5,14H2,1-4H3,(H,22,24)/t15-,16-/m1/s1. The van der Waals surface area contributed by atoms with Crippen LogP contribution < -0.4 is 19.5 Å². The van der Waals surface area contributed by atoms with Gasteiger partial charge < -0.3 is 14.8 Å². The van der Waals surface area contributed by atoms with Gasteiger partial charge in [-0.2, -0.15) is 0 Å². The maximum atomic E-state index is 12.3. The highest BCUT2D eigenvalue weighted by Crippen LogP contribution is 2.24. The molecule has 0 heterocycles. The third kappa shape index (κ3) is 6.47. The van der Waals surface area contributed by atoms with E-state index in [2.05, 4.69) is 10.0 Å². The van der Waals surface area contributed by atoms with Gasteiger partial charge in [0.2, 0.25) is 10.0 Å². The van der Waals surface area contributed by atoms with Gasteiger partial charge in [0.05, 0.1) is 18.0 Å². The van der Waals surface area contributed by atoms with Crippen molar-refractivity contribution < 1.29 is 22.7 Å². The summed E-state index contributed by atoms with van der Waals surface area (Å²) in [5.41, 5.74) is 0.867. The van der Waals surface area contributed by atoms with E-state index in [4.69, 9.17) is 9.47 Å². The van der Waals surface area contributed by atoms with Gasteiger partial charge in [0.1, 0.15) is 11.5 Å². The van der Waals surface area contributed by atoms with Crippen LogP contribution in [0.1, 0.15) is 38.8 Å². The van der Waals surface area contributed by atoms with E-state index in [1.54, 1.807) is 14.0 Å². The lowest BCUT2D eigenvalue weighted by Crippen LogP contribution is -2.32. The molecule has 0 radical (unpaired) electrons. The van der Waals surface area contributed by atoms with Crippen molar-refractivity contribution in [3.05, 3.63) is 54.1 Å². The van der Waals surface area contributed by atoms with Crippen LogP contribution in [0.15, 0.2) is 53.4 Å². The number of carbonyl (C=O) groups is 1. The summed E-state index contributed by atoms with van der Waals surface area (Å²) in [6, 6.07) is 13.0. The van der Waals surface area contributed by atoms with Crippen molar-refractivity contribution in [2.75, 3.05) is 13.7 Å². The van der Waals surface area contributed by atoms with Crippen LogP contribution in [0.25, 0.3) is 0 Å². The normalized spacial score (nSPS) is 13.4. The molecular weight excluding hydrogens is 392 g/mol.